The number of benzene rings is 3. The van der Waals surface area contributed by atoms with Crippen LogP contribution in [0.2, 0.25) is 0 Å². The molecule has 4 rings (SSSR count). The van der Waals surface area contributed by atoms with Crippen LogP contribution >= 0.6 is 15.9 Å². The quantitative estimate of drug-likeness (QED) is 0.217. The molecule has 3 aromatic carbocycles. The Labute approximate surface area is 185 Å². The number of halogens is 1. The number of aryl methyl sites for hydroxylation is 1. The van der Waals surface area contributed by atoms with Crippen LogP contribution < -0.4 is 9.84 Å². The van der Waals surface area contributed by atoms with E-state index in [4.69, 9.17) is 9.15 Å². The Morgan fingerprint density at radius 1 is 1.19 bits per heavy atom. The van der Waals surface area contributed by atoms with Crippen LogP contribution in [0.5, 0.6) is 11.5 Å². The first-order chi connectivity index (χ1) is 14.9. The molecular weight excluding hydrogens is 466 g/mol. The van der Waals surface area contributed by atoms with E-state index in [9.17, 15) is 15.2 Å². The maximum Gasteiger partial charge on any atom is 0.263 e. The summed E-state index contributed by atoms with van der Waals surface area (Å²) in [7, 11) is 1.50. The number of oxazole rings is 1. The monoisotopic (exact) mass is 480 g/mol. The molecule has 0 aliphatic rings. The smallest absolute Gasteiger partial charge is 0.263 e. The summed E-state index contributed by atoms with van der Waals surface area (Å²) in [5.74, 6) is 0.160. The lowest BCUT2D eigenvalue weighted by molar-refractivity contribution is -0.398. The molecule has 0 N–H and O–H groups in total. The van der Waals surface area contributed by atoms with Crippen LogP contribution in [0.3, 0.4) is 0 Å². The summed E-state index contributed by atoms with van der Waals surface area (Å²) in [6.07, 6.45) is 1.27. The van der Waals surface area contributed by atoms with Crippen LogP contribution in [0.25, 0.3) is 22.6 Å². The van der Waals surface area contributed by atoms with Gasteiger partial charge in [-0.2, -0.15) is 0 Å². The van der Waals surface area contributed by atoms with Gasteiger partial charge in [0, 0.05) is 22.3 Å². The van der Waals surface area contributed by atoms with Crippen LogP contribution in [0, 0.1) is 17.0 Å². The Hall–Kier alpha value is -3.72. The predicted octanol–water partition coefficient (Wildman–Crippen LogP) is 5.31. The van der Waals surface area contributed by atoms with Crippen molar-refractivity contribution in [3.63, 3.8) is 0 Å². The van der Waals surface area contributed by atoms with E-state index in [0.29, 0.717) is 32.9 Å². The van der Waals surface area contributed by atoms with Gasteiger partial charge >= 0.3 is 0 Å². The van der Waals surface area contributed by atoms with Crippen LogP contribution in [-0.2, 0) is 0 Å². The molecule has 8 nitrogen and oxygen atoms in total. The van der Waals surface area contributed by atoms with Crippen molar-refractivity contribution in [2.75, 3.05) is 7.11 Å². The zero-order chi connectivity index (χ0) is 22.1. The Bertz CT molecular complexity index is 1350. The third-order valence-electron chi connectivity index (χ3n) is 4.57. The lowest BCUT2D eigenvalue weighted by Crippen LogP contribution is -2.02. The molecule has 9 heteroatoms. The lowest BCUT2D eigenvalue weighted by Gasteiger charge is -2.11. The van der Waals surface area contributed by atoms with E-state index in [-0.39, 0.29) is 5.56 Å². The van der Waals surface area contributed by atoms with Crippen LogP contribution in [0.15, 0.2) is 62.4 Å². The second kappa shape index (κ2) is 8.19. The van der Waals surface area contributed by atoms with Gasteiger partial charge in [0.2, 0.25) is 5.89 Å². The van der Waals surface area contributed by atoms with E-state index >= 15 is 0 Å². The normalized spacial score (nSPS) is 11.3. The zero-order valence-electron chi connectivity index (χ0n) is 16.5. The summed E-state index contributed by atoms with van der Waals surface area (Å²) in [6, 6.07) is 13.6. The van der Waals surface area contributed by atoms with E-state index in [1.807, 2.05) is 25.1 Å². The minimum atomic E-state index is -0.722. The second-order valence-corrected chi connectivity index (χ2v) is 7.65. The summed E-state index contributed by atoms with van der Waals surface area (Å²) in [5, 5.41) is 23.4. The van der Waals surface area contributed by atoms with Crippen molar-refractivity contribution in [2.45, 2.75) is 6.92 Å². The zero-order valence-corrected chi connectivity index (χ0v) is 18.0. The number of nitrogens with zero attached hydrogens (tertiary/aromatic N) is 3. The van der Waals surface area contributed by atoms with Gasteiger partial charge in [-0.25, -0.2) is 4.98 Å². The predicted molar refractivity (Wildman–Crippen MR) is 118 cm³/mol. The van der Waals surface area contributed by atoms with Crippen molar-refractivity contribution in [1.29, 1.82) is 0 Å². The Kier molecular flexibility index (Phi) is 5.43. The summed E-state index contributed by atoms with van der Waals surface area (Å²) in [6.45, 7) is 1.98. The molecule has 0 bridgehead atoms. The van der Waals surface area contributed by atoms with Crippen molar-refractivity contribution < 1.29 is 19.2 Å². The minimum absolute atomic E-state index is 0.0749. The fourth-order valence-corrected chi connectivity index (χ4v) is 3.52. The molecule has 4 aromatic rings. The van der Waals surface area contributed by atoms with Crippen molar-refractivity contribution in [3.05, 3.63) is 74.2 Å². The highest BCUT2D eigenvalue weighted by Crippen LogP contribution is 2.35. The number of aromatic nitrogens is 1. The van der Waals surface area contributed by atoms with Crippen LogP contribution in [-0.4, -0.2) is 23.2 Å². The molecule has 0 saturated carbocycles. The van der Waals surface area contributed by atoms with Crippen molar-refractivity contribution in [1.82, 2.24) is 4.98 Å². The Morgan fingerprint density at radius 3 is 2.74 bits per heavy atom. The molecule has 0 aliphatic carbocycles. The highest BCUT2D eigenvalue weighted by molar-refractivity contribution is 9.10. The summed E-state index contributed by atoms with van der Waals surface area (Å²) in [5.41, 5.74) is 3.12. The van der Waals surface area contributed by atoms with Gasteiger partial charge in [-0.15, -0.1) is 0 Å². The maximum atomic E-state index is 12.3. The van der Waals surface area contributed by atoms with Crippen LogP contribution in [0.4, 0.5) is 11.4 Å². The molecule has 156 valence electrons. The number of methoxy groups -OCH3 is 1. The molecule has 1 heterocycles. The number of nitro benzene ring substituents is 1. The average molecular weight is 481 g/mol. The van der Waals surface area contributed by atoms with Gasteiger partial charge in [0.1, 0.15) is 17.0 Å². The molecule has 0 amide bonds. The third kappa shape index (κ3) is 4.13. The van der Waals surface area contributed by atoms with Gasteiger partial charge in [-0.1, -0.05) is 22.0 Å². The first-order valence-electron chi connectivity index (χ1n) is 9.10. The Morgan fingerprint density at radius 2 is 2.00 bits per heavy atom. The molecule has 0 aliphatic heterocycles. The maximum absolute atomic E-state index is 12.3. The first-order valence-corrected chi connectivity index (χ1v) is 9.89. The summed E-state index contributed by atoms with van der Waals surface area (Å²) < 4.78 is 11.6. The number of fused-ring (bicyclic) bond motifs is 1. The van der Waals surface area contributed by atoms with Gasteiger partial charge in [-0.3, -0.25) is 15.1 Å². The topological polar surface area (TPSA) is 114 Å². The molecule has 0 saturated heterocycles. The van der Waals surface area contributed by atoms with Gasteiger partial charge in [0.05, 0.1) is 12.0 Å². The number of aliphatic imine (C=N–C) groups is 1. The van der Waals surface area contributed by atoms with E-state index < -0.39 is 16.4 Å². The van der Waals surface area contributed by atoms with Gasteiger partial charge in [0.15, 0.2) is 5.58 Å². The third-order valence-corrected chi connectivity index (χ3v) is 5.03. The number of hydrogen-bond acceptors (Lipinski definition) is 7. The fraction of sp³-hybridized carbons (Fsp3) is 0.0909. The van der Waals surface area contributed by atoms with E-state index in [1.54, 1.807) is 18.2 Å². The van der Waals surface area contributed by atoms with Gasteiger partial charge < -0.3 is 14.3 Å². The number of ether oxygens (including phenoxy) is 1. The number of nitro groups is 1. The largest absolute Gasteiger partial charge is 0.867 e. The Balaban J connectivity index is 1.76. The minimum Gasteiger partial charge on any atom is -0.867 e. The van der Waals surface area contributed by atoms with Crippen molar-refractivity contribution in [3.8, 4) is 23.0 Å². The molecule has 1 aromatic heterocycles. The molecule has 0 radical (unpaired) electrons. The second-order valence-electron chi connectivity index (χ2n) is 6.74. The molecule has 31 heavy (non-hydrogen) atoms. The molecule has 0 atom stereocenters. The molecule has 0 spiro atoms. The number of rotatable bonds is 5. The van der Waals surface area contributed by atoms with Gasteiger partial charge in [-0.05, 0) is 60.2 Å². The molecular formula is C22H15BrN3O5-. The van der Waals surface area contributed by atoms with E-state index in [1.165, 1.54) is 19.4 Å². The number of hydrogen-bond donors (Lipinski definition) is 0. The van der Waals surface area contributed by atoms with Crippen LogP contribution in [0.1, 0.15) is 11.1 Å². The van der Waals surface area contributed by atoms with E-state index in [2.05, 4.69) is 25.9 Å². The van der Waals surface area contributed by atoms with Crippen molar-refractivity contribution >= 4 is 44.6 Å². The first kappa shape index (κ1) is 20.5. The highest BCUT2D eigenvalue weighted by Gasteiger charge is 2.13. The molecule has 0 unspecified atom stereocenters. The highest BCUT2D eigenvalue weighted by atomic mass is 79.9. The summed E-state index contributed by atoms with van der Waals surface area (Å²) >= 11 is 3.18. The van der Waals surface area contributed by atoms with E-state index in [0.717, 1.165) is 17.1 Å². The SMILES string of the molecule is COc1ccc(-c2nc3cc(C)ccc3o2)cc1N=Cc1cc(Br)cc([N+](=O)[O-])c1[O-]. The van der Waals surface area contributed by atoms with Gasteiger partial charge in [0.25, 0.3) is 5.69 Å². The lowest BCUT2D eigenvalue weighted by atomic mass is 10.1. The standard InChI is InChI=1S/C22H16BrN3O5/c1-12-3-5-20-17(7-12)25-22(31-20)13-4-6-19(30-2)16(9-13)24-11-14-8-15(23)10-18(21(14)27)26(28)29/h3-11,27H,1-2H3/p-1. The average Bonchev–Trinajstić information content (AvgIpc) is 3.16. The fourth-order valence-electron chi connectivity index (χ4n) is 3.06. The van der Waals surface area contributed by atoms with Crippen molar-refractivity contribution in [2.24, 2.45) is 4.99 Å². The molecule has 0 fully saturated rings. The summed E-state index contributed by atoms with van der Waals surface area (Å²) in [4.78, 5) is 19.2.